The van der Waals surface area contributed by atoms with Gasteiger partial charge in [-0.05, 0) is 94.1 Å². The summed E-state index contributed by atoms with van der Waals surface area (Å²) in [6, 6.07) is 9.79. The normalized spacial score (nSPS) is 30.0. The highest BCUT2D eigenvalue weighted by Crippen LogP contribution is 2.60. The zero-order valence-electron chi connectivity index (χ0n) is 18.4. The van der Waals surface area contributed by atoms with Gasteiger partial charge >= 0.3 is 0 Å². The molecule has 0 aliphatic heterocycles. The monoisotopic (exact) mass is 439 g/mol. The van der Waals surface area contributed by atoms with E-state index in [2.05, 4.69) is 5.32 Å². The number of aliphatic hydroxyl groups excluding tert-OH is 1. The van der Waals surface area contributed by atoms with Crippen molar-refractivity contribution in [1.82, 2.24) is 4.90 Å². The largest absolute Gasteiger partial charge is 0.399 e. The third-order valence-corrected chi connectivity index (χ3v) is 8.69. The van der Waals surface area contributed by atoms with E-state index in [1.165, 1.54) is 19.3 Å². The molecule has 4 N–H and O–H groups in total. The summed E-state index contributed by atoms with van der Waals surface area (Å²) in [4.78, 5) is 16.6. The molecule has 1 atom stereocenters. The van der Waals surface area contributed by atoms with E-state index in [0.717, 1.165) is 58.0 Å². The summed E-state index contributed by atoms with van der Waals surface area (Å²) in [6.07, 6.45) is 6.40. The molecule has 1 amide bonds. The molecule has 6 heteroatoms. The average Bonchev–Trinajstić information content (AvgIpc) is 3.10. The van der Waals surface area contributed by atoms with Crippen LogP contribution < -0.4 is 11.1 Å². The molecule has 166 valence electrons. The average molecular weight is 440 g/mol. The van der Waals surface area contributed by atoms with Crippen LogP contribution in [0.2, 0.25) is 0 Å². The number of rotatable bonds is 6. The van der Waals surface area contributed by atoms with Crippen LogP contribution in [0.4, 0.5) is 10.7 Å². The fourth-order valence-electron chi connectivity index (χ4n) is 6.65. The van der Waals surface area contributed by atoms with Crippen LogP contribution in [0.1, 0.15) is 50.2 Å². The van der Waals surface area contributed by atoms with E-state index < -0.39 is 6.10 Å². The minimum Gasteiger partial charge on any atom is -0.399 e. The number of anilines is 2. The molecule has 2 aromatic rings. The molecule has 0 spiro atoms. The first kappa shape index (κ1) is 21.0. The van der Waals surface area contributed by atoms with Gasteiger partial charge in [-0.3, -0.25) is 4.79 Å². The van der Waals surface area contributed by atoms with Gasteiger partial charge in [0.05, 0.1) is 11.5 Å². The van der Waals surface area contributed by atoms with Crippen LogP contribution in [0.5, 0.6) is 0 Å². The Labute approximate surface area is 188 Å². The van der Waals surface area contributed by atoms with Crippen molar-refractivity contribution < 1.29 is 9.90 Å². The van der Waals surface area contributed by atoms with Crippen LogP contribution in [-0.4, -0.2) is 36.6 Å². The summed E-state index contributed by atoms with van der Waals surface area (Å²) < 4.78 is 0. The van der Waals surface area contributed by atoms with Crippen molar-refractivity contribution in [2.24, 2.45) is 23.2 Å². The van der Waals surface area contributed by atoms with Gasteiger partial charge in [-0.25, -0.2) is 0 Å². The topological polar surface area (TPSA) is 78.6 Å². The number of aliphatic hydroxyl groups is 1. The summed E-state index contributed by atoms with van der Waals surface area (Å²) >= 11 is 1.54. The van der Waals surface area contributed by atoms with Gasteiger partial charge in [0.15, 0.2) is 0 Å². The van der Waals surface area contributed by atoms with E-state index in [1.807, 2.05) is 49.3 Å². The number of nitrogens with one attached hydrogen (secondary N) is 1. The maximum atomic E-state index is 13.6. The van der Waals surface area contributed by atoms with Crippen molar-refractivity contribution in [3.8, 4) is 10.4 Å². The lowest BCUT2D eigenvalue weighted by Crippen LogP contribution is -2.51. The third kappa shape index (κ3) is 4.01. The number of carbonyl (C=O) groups is 1. The predicted molar refractivity (Wildman–Crippen MR) is 127 cm³/mol. The predicted octanol–water partition coefficient (Wildman–Crippen LogP) is 4.75. The van der Waals surface area contributed by atoms with Gasteiger partial charge in [0.2, 0.25) is 5.91 Å². The number of nitrogen functional groups attached to an aromatic ring is 1. The Morgan fingerprint density at radius 1 is 1.19 bits per heavy atom. The van der Waals surface area contributed by atoms with Crippen molar-refractivity contribution in [2.45, 2.75) is 44.6 Å². The number of likely N-dealkylation sites (N-methyl/N-ethyl adjacent to an activating group) is 1. The first-order valence-corrected chi connectivity index (χ1v) is 12.3. The fraction of sp³-hybridized carbons (Fsp3) is 0.560. The second-order valence-corrected chi connectivity index (χ2v) is 11.5. The van der Waals surface area contributed by atoms with Crippen molar-refractivity contribution >= 4 is 27.9 Å². The number of thiophene rings is 1. The van der Waals surface area contributed by atoms with E-state index >= 15 is 0 Å². The smallest absolute Gasteiger partial charge is 0.231 e. The molecule has 4 bridgehead atoms. The molecule has 1 aromatic carbocycles. The number of nitrogens with zero attached hydrogens (tertiary/aromatic N) is 1. The summed E-state index contributed by atoms with van der Waals surface area (Å²) in [5, 5.41) is 15.0. The van der Waals surface area contributed by atoms with Crippen LogP contribution >= 0.6 is 11.3 Å². The second kappa shape index (κ2) is 7.91. The maximum Gasteiger partial charge on any atom is 0.231 e. The Kier molecular flexibility index (Phi) is 5.35. The molecule has 0 radical (unpaired) electrons. The minimum absolute atomic E-state index is 0.172. The number of hydrogen-bond acceptors (Lipinski definition) is 5. The van der Waals surface area contributed by atoms with Crippen molar-refractivity contribution in [3.05, 3.63) is 35.9 Å². The van der Waals surface area contributed by atoms with Gasteiger partial charge in [-0.1, -0.05) is 12.1 Å². The summed E-state index contributed by atoms with van der Waals surface area (Å²) in [7, 11) is 3.89. The molecule has 4 aliphatic rings. The summed E-state index contributed by atoms with van der Waals surface area (Å²) in [6.45, 7) is 0.507. The molecule has 5 nitrogen and oxygen atoms in total. The molecule has 0 saturated heterocycles. The van der Waals surface area contributed by atoms with E-state index in [4.69, 9.17) is 5.73 Å². The zero-order valence-corrected chi connectivity index (χ0v) is 19.3. The van der Waals surface area contributed by atoms with Gasteiger partial charge in [0.1, 0.15) is 5.00 Å². The summed E-state index contributed by atoms with van der Waals surface area (Å²) in [5.41, 5.74) is 8.31. The van der Waals surface area contributed by atoms with Crippen LogP contribution in [0.3, 0.4) is 0 Å². The highest BCUT2D eigenvalue weighted by molar-refractivity contribution is 7.19. The third-order valence-electron chi connectivity index (χ3n) is 7.58. The summed E-state index contributed by atoms with van der Waals surface area (Å²) in [5.74, 6) is 2.34. The lowest BCUT2D eigenvalue weighted by Gasteiger charge is -2.55. The van der Waals surface area contributed by atoms with E-state index in [-0.39, 0.29) is 11.3 Å². The minimum atomic E-state index is -0.660. The Bertz CT molecular complexity index is 948. The highest BCUT2D eigenvalue weighted by Gasteiger charge is 2.54. The van der Waals surface area contributed by atoms with E-state index in [0.29, 0.717) is 12.2 Å². The molecule has 1 heterocycles. The van der Waals surface area contributed by atoms with Crippen LogP contribution in [-0.2, 0) is 4.79 Å². The van der Waals surface area contributed by atoms with Gasteiger partial charge in [-0.15, -0.1) is 11.3 Å². The lowest BCUT2D eigenvalue weighted by molar-refractivity contribution is -0.140. The Morgan fingerprint density at radius 2 is 1.84 bits per heavy atom. The van der Waals surface area contributed by atoms with E-state index in [1.54, 1.807) is 11.3 Å². The first-order chi connectivity index (χ1) is 14.8. The van der Waals surface area contributed by atoms with Gasteiger partial charge in [0, 0.05) is 22.7 Å². The zero-order chi connectivity index (χ0) is 21.8. The molecule has 1 unspecified atom stereocenters. The van der Waals surface area contributed by atoms with Gasteiger partial charge < -0.3 is 21.1 Å². The second-order valence-electron chi connectivity index (χ2n) is 10.5. The molecule has 4 aliphatic carbocycles. The van der Waals surface area contributed by atoms with Gasteiger partial charge in [0.25, 0.3) is 0 Å². The highest BCUT2D eigenvalue weighted by atomic mass is 32.1. The van der Waals surface area contributed by atoms with Crippen LogP contribution in [0, 0.1) is 23.2 Å². The first-order valence-electron chi connectivity index (χ1n) is 11.5. The van der Waals surface area contributed by atoms with E-state index in [9.17, 15) is 9.90 Å². The molecule has 4 fully saturated rings. The standard InChI is InChI=1S/C25H33N3O2S/c1-28(2)14-21(29)20-10-22(18-4-3-5-19(26)9-18)31-23(20)27-24(30)25-11-15-6-16(12-25)8-17(7-15)13-25/h3-5,9-10,15-17,21,29H,6-8,11-14,26H2,1-2H3,(H,27,30). The van der Waals surface area contributed by atoms with Crippen LogP contribution in [0.15, 0.2) is 30.3 Å². The number of amides is 1. The molecular formula is C25H33N3O2S. The lowest BCUT2D eigenvalue weighted by atomic mass is 9.49. The molecule has 31 heavy (non-hydrogen) atoms. The maximum absolute atomic E-state index is 13.6. The van der Waals surface area contributed by atoms with Crippen molar-refractivity contribution in [3.63, 3.8) is 0 Å². The Balaban J connectivity index is 1.45. The van der Waals surface area contributed by atoms with Crippen molar-refractivity contribution in [2.75, 3.05) is 31.7 Å². The Hall–Kier alpha value is -1.89. The SMILES string of the molecule is CN(C)CC(O)c1cc(-c2cccc(N)c2)sc1NC(=O)C12CC3CC(CC(C3)C1)C2. The number of nitrogens with two attached hydrogens (primary N) is 1. The molecule has 4 saturated carbocycles. The number of benzene rings is 1. The number of hydrogen-bond donors (Lipinski definition) is 3. The van der Waals surface area contributed by atoms with Gasteiger partial charge in [-0.2, -0.15) is 0 Å². The fourth-order valence-corrected chi connectivity index (χ4v) is 7.76. The van der Waals surface area contributed by atoms with Crippen LogP contribution in [0.25, 0.3) is 10.4 Å². The molecule has 1 aromatic heterocycles. The Morgan fingerprint density at radius 3 is 2.42 bits per heavy atom. The molecule has 6 rings (SSSR count). The van der Waals surface area contributed by atoms with Crippen molar-refractivity contribution in [1.29, 1.82) is 0 Å². The molecular weight excluding hydrogens is 406 g/mol. The number of carbonyl (C=O) groups excluding carboxylic acids is 1. The quantitative estimate of drug-likeness (QED) is 0.568.